The molecule has 158 valence electrons. The summed E-state index contributed by atoms with van der Waals surface area (Å²) in [4.78, 5) is 31.8. The van der Waals surface area contributed by atoms with Gasteiger partial charge >= 0.3 is 179 Å². The summed E-state index contributed by atoms with van der Waals surface area (Å²) in [5.41, 5.74) is 1.54. The van der Waals surface area contributed by atoms with Crippen molar-refractivity contribution >= 4 is 43.9 Å². The number of hydrogen-bond donors (Lipinski definition) is 3. The van der Waals surface area contributed by atoms with Crippen LogP contribution >= 0.6 is 0 Å². The molecular formula is C21H33BiO6. The summed E-state index contributed by atoms with van der Waals surface area (Å²) in [7, 11) is 0. The van der Waals surface area contributed by atoms with E-state index >= 15 is 0 Å². The van der Waals surface area contributed by atoms with Crippen LogP contribution in [0.15, 0.2) is 8.85 Å². The van der Waals surface area contributed by atoms with Crippen molar-refractivity contribution in [3.05, 3.63) is 8.85 Å². The monoisotopic (exact) mass is 590 g/mol. The van der Waals surface area contributed by atoms with E-state index in [1.165, 1.54) is 0 Å². The van der Waals surface area contributed by atoms with Gasteiger partial charge in [-0.1, -0.05) is 0 Å². The van der Waals surface area contributed by atoms with Crippen LogP contribution in [0.5, 0.6) is 0 Å². The first-order valence-electron chi connectivity index (χ1n) is 10.4. The number of aliphatic carboxylic acids is 3. The number of carboxylic acid groups (broad SMARTS) is 3. The quantitative estimate of drug-likeness (QED) is 0.163. The fourth-order valence-corrected chi connectivity index (χ4v) is 9.04. The predicted octanol–water partition coefficient (Wildman–Crippen LogP) is 4.24. The molecule has 0 unspecified atom stereocenters. The van der Waals surface area contributed by atoms with Gasteiger partial charge in [0, 0.05) is 0 Å². The average Bonchev–Trinajstić information content (AvgIpc) is 2.60. The molecule has 6 nitrogen and oxygen atoms in total. The van der Waals surface area contributed by atoms with Gasteiger partial charge in [-0.3, -0.25) is 0 Å². The molecule has 0 fully saturated rings. The molecule has 0 atom stereocenters. The molecule has 0 spiro atoms. The van der Waals surface area contributed by atoms with Crippen LogP contribution in [0.25, 0.3) is 0 Å². The third-order valence-corrected chi connectivity index (χ3v) is 10.8. The summed E-state index contributed by atoms with van der Waals surface area (Å²) in [5, 5.41) is 26.2. The normalized spacial score (nSPS) is 13.2. The van der Waals surface area contributed by atoms with Crippen molar-refractivity contribution in [1.82, 2.24) is 0 Å². The Balaban J connectivity index is 2.36. The minimum atomic E-state index is -0.729. The van der Waals surface area contributed by atoms with E-state index in [2.05, 4.69) is 0 Å². The molecule has 0 saturated carbocycles. The Morgan fingerprint density at radius 2 is 1.00 bits per heavy atom. The zero-order chi connectivity index (χ0) is 20.8. The summed E-state index contributed by atoms with van der Waals surface area (Å²) in [6.07, 6.45) is 12.3. The molecule has 3 N–H and O–H groups in total. The third kappa shape index (κ3) is 11.7. The molecule has 1 rings (SSSR count). The van der Waals surface area contributed by atoms with Gasteiger partial charge in [0.05, 0.1) is 0 Å². The first kappa shape index (κ1) is 24.9. The maximum absolute atomic E-state index is 10.6. The SMILES string of the molecule is O=C(O)CCCCC[C]1=[Bi][C](CCCCCC(=O)O)=C1CCCCCC(=O)O. The van der Waals surface area contributed by atoms with Gasteiger partial charge in [0.15, 0.2) is 0 Å². The van der Waals surface area contributed by atoms with E-state index in [-0.39, 0.29) is 19.3 Å². The maximum atomic E-state index is 10.6. The van der Waals surface area contributed by atoms with Gasteiger partial charge in [-0.2, -0.15) is 0 Å². The van der Waals surface area contributed by atoms with E-state index in [1.807, 2.05) is 0 Å². The predicted molar refractivity (Wildman–Crippen MR) is 110 cm³/mol. The van der Waals surface area contributed by atoms with Gasteiger partial charge in [0.25, 0.3) is 0 Å². The molecule has 28 heavy (non-hydrogen) atoms. The molecule has 0 saturated heterocycles. The second kappa shape index (κ2) is 14.8. The molecule has 0 aromatic rings. The molecule has 0 bridgehead atoms. The number of carbonyl (C=O) groups is 3. The zero-order valence-electron chi connectivity index (χ0n) is 16.6. The molecule has 0 aromatic heterocycles. The second-order valence-electron chi connectivity index (χ2n) is 7.35. The number of carboxylic acids is 3. The Bertz CT molecular complexity index is 594. The zero-order valence-corrected chi connectivity index (χ0v) is 20.1. The van der Waals surface area contributed by atoms with Crippen LogP contribution in [0.3, 0.4) is 0 Å². The van der Waals surface area contributed by atoms with E-state index in [4.69, 9.17) is 15.3 Å². The van der Waals surface area contributed by atoms with Crippen LogP contribution in [-0.4, -0.2) is 59.2 Å². The van der Waals surface area contributed by atoms with E-state index in [9.17, 15) is 14.4 Å². The third-order valence-electron chi connectivity index (χ3n) is 4.89. The first-order valence-corrected chi connectivity index (χ1v) is 13.8. The molecule has 0 aromatic carbocycles. The molecule has 0 aliphatic carbocycles. The van der Waals surface area contributed by atoms with Crippen molar-refractivity contribution < 1.29 is 29.7 Å². The first-order chi connectivity index (χ1) is 13.4. The Morgan fingerprint density at radius 1 is 0.571 bits per heavy atom. The molecule has 0 amide bonds. The van der Waals surface area contributed by atoms with Crippen molar-refractivity contribution in [2.75, 3.05) is 0 Å². The summed E-state index contributed by atoms with van der Waals surface area (Å²) in [5.74, 6) is -2.17. The standard InChI is InChI=1S/C21H33O6.Bi/c22-19(23)15-9-3-1-6-12-18(14-8-5-11-17-21(26)27)13-7-2-4-10-16-20(24)25;/h1-11,14-17H2,(H,22,23)(H,24,25)(H,26,27);. The summed E-state index contributed by atoms with van der Waals surface area (Å²) in [6.45, 7) is 0. The van der Waals surface area contributed by atoms with Crippen LogP contribution in [-0.2, 0) is 14.4 Å². The molecular weight excluding hydrogens is 557 g/mol. The van der Waals surface area contributed by atoms with E-state index in [0.717, 1.165) is 77.0 Å². The van der Waals surface area contributed by atoms with Gasteiger partial charge in [-0.25, -0.2) is 0 Å². The van der Waals surface area contributed by atoms with Gasteiger partial charge in [-0.15, -0.1) is 0 Å². The van der Waals surface area contributed by atoms with Gasteiger partial charge in [-0.05, 0) is 0 Å². The van der Waals surface area contributed by atoms with Crippen molar-refractivity contribution in [3.63, 3.8) is 0 Å². The molecule has 1 aliphatic heterocycles. The van der Waals surface area contributed by atoms with Crippen LogP contribution in [0.4, 0.5) is 0 Å². The number of hydrogen-bond acceptors (Lipinski definition) is 3. The van der Waals surface area contributed by atoms with Crippen molar-refractivity contribution in [3.8, 4) is 0 Å². The summed E-state index contributed by atoms with van der Waals surface area (Å²) >= 11 is -0.699. The average molecular weight is 590 g/mol. The minimum absolute atomic E-state index is 0.243. The number of allylic oxidation sites excluding steroid dienone is 2. The second-order valence-corrected chi connectivity index (χ2v) is 12.4. The van der Waals surface area contributed by atoms with Crippen molar-refractivity contribution in [2.24, 2.45) is 0 Å². The van der Waals surface area contributed by atoms with E-state index in [1.54, 1.807) is 12.1 Å². The van der Waals surface area contributed by atoms with Crippen LogP contribution < -0.4 is 0 Å². The van der Waals surface area contributed by atoms with E-state index in [0.29, 0.717) is 0 Å². The van der Waals surface area contributed by atoms with Crippen LogP contribution in [0, 0.1) is 0 Å². The van der Waals surface area contributed by atoms with Gasteiger partial charge < -0.3 is 0 Å². The summed E-state index contributed by atoms with van der Waals surface area (Å²) < 4.78 is 3.35. The Labute approximate surface area is 178 Å². The van der Waals surface area contributed by atoms with Crippen LogP contribution in [0.2, 0.25) is 0 Å². The van der Waals surface area contributed by atoms with E-state index < -0.39 is 40.7 Å². The number of unbranched alkanes of at least 4 members (excludes halogenated alkanes) is 6. The fourth-order valence-electron chi connectivity index (χ4n) is 3.36. The van der Waals surface area contributed by atoms with Crippen molar-refractivity contribution in [2.45, 2.75) is 96.3 Å². The molecule has 7 heteroatoms. The molecule has 1 heterocycles. The topological polar surface area (TPSA) is 112 Å². The van der Waals surface area contributed by atoms with Gasteiger partial charge in [0.1, 0.15) is 0 Å². The van der Waals surface area contributed by atoms with Crippen LogP contribution in [0.1, 0.15) is 96.3 Å². The van der Waals surface area contributed by atoms with Gasteiger partial charge in [0.2, 0.25) is 0 Å². The molecule has 0 radical (unpaired) electrons. The number of rotatable bonds is 18. The Hall–Kier alpha value is -1.10. The fraction of sp³-hybridized carbons (Fsp3) is 0.714. The Kier molecular flexibility index (Phi) is 13.2. The van der Waals surface area contributed by atoms with Crippen molar-refractivity contribution in [1.29, 1.82) is 0 Å². The summed E-state index contributed by atoms with van der Waals surface area (Å²) in [6, 6.07) is 0. The molecule has 1 aliphatic rings. The Morgan fingerprint density at radius 3 is 1.46 bits per heavy atom.